The molecule has 3 rings (SSSR count). The summed E-state index contributed by atoms with van der Waals surface area (Å²) in [5.74, 6) is 1.77. The number of guanidine groups is 1. The number of hydrogen-bond donors (Lipinski definition) is 2. The van der Waals surface area contributed by atoms with Gasteiger partial charge in [0.1, 0.15) is 5.75 Å². The maximum Gasteiger partial charge on any atom is 0.191 e. The van der Waals surface area contributed by atoms with Crippen molar-refractivity contribution in [3.8, 4) is 5.75 Å². The molecule has 1 atom stereocenters. The van der Waals surface area contributed by atoms with E-state index in [1.165, 1.54) is 29.5 Å². The average molecular weight is 537 g/mol. The predicted octanol–water partition coefficient (Wildman–Crippen LogP) is 3.95. The number of nitrogens with one attached hydrogen (secondary N) is 2. The summed E-state index contributed by atoms with van der Waals surface area (Å²) in [6, 6.07) is 10.8. The first-order chi connectivity index (χ1) is 14.7. The van der Waals surface area contributed by atoms with E-state index in [1.54, 1.807) is 7.11 Å². The minimum Gasteiger partial charge on any atom is -0.497 e. The molecule has 0 bridgehead atoms. The number of aliphatic imine (C=N–C) groups is 1. The number of methoxy groups -OCH3 is 1. The first kappa shape index (κ1) is 25.4. The smallest absolute Gasteiger partial charge is 0.191 e. The lowest BCUT2D eigenvalue weighted by molar-refractivity contribution is 0.251. The summed E-state index contributed by atoms with van der Waals surface area (Å²) in [7, 11) is 1.72. The van der Waals surface area contributed by atoms with Gasteiger partial charge in [-0.3, -0.25) is 14.9 Å². The van der Waals surface area contributed by atoms with Crippen molar-refractivity contribution in [1.82, 2.24) is 20.5 Å². The lowest BCUT2D eigenvalue weighted by Gasteiger charge is -2.27. The van der Waals surface area contributed by atoms with Crippen molar-refractivity contribution in [2.75, 3.05) is 39.8 Å². The number of likely N-dealkylation sites (tertiary alicyclic amines) is 1. The molecule has 2 aromatic rings. The Morgan fingerprint density at radius 2 is 2.03 bits per heavy atom. The molecule has 170 valence electrons. The number of hydrogen-bond acceptors (Lipinski definition) is 4. The normalized spacial score (nSPS) is 15.3. The van der Waals surface area contributed by atoms with Gasteiger partial charge in [0.15, 0.2) is 5.96 Å². The van der Waals surface area contributed by atoms with Crippen LogP contribution in [-0.2, 0) is 6.42 Å². The van der Waals surface area contributed by atoms with E-state index in [0.717, 1.165) is 50.9 Å². The number of benzene rings is 1. The minimum absolute atomic E-state index is 0. The van der Waals surface area contributed by atoms with Crippen LogP contribution in [-0.4, -0.2) is 55.7 Å². The maximum atomic E-state index is 5.45. The number of aryl methyl sites for hydroxylation is 1. The topological polar surface area (TPSA) is 61.8 Å². The highest BCUT2D eigenvalue weighted by atomic mass is 127. The molecule has 6 nitrogen and oxygen atoms in total. The fourth-order valence-corrected chi connectivity index (χ4v) is 3.95. The molecule has 1 saturated heterocycles. The molecule has 1 aliphatic heterocycles. The Morgan fingerprint density at radius 3 is 2.74 bits per heavy atom. The number of nitrogens with zero attached hydrogens (tertiary/aromatic N) is 3. The summed E-state index contributed by atoms with van der Waals surface area (Å²) in [5, 5.41) is 6.88. The van der Waals surface area contributed by atoms with Gasteiger partial charge in [-0.25, -0.2) is 0 Å². The van der Waals surface area contributed by atoms with Gasteiger partial charge in [-0.15, -0.1) is 24.0 Å². The van der Waals surface area contributed by atoms with Gasteiger partial charge in [0.25, 0.3) is 0 Å². The number of rotatable bonds is 9. The van der Waals surface area contributed by atoms with E-state index >= 15 is 0 Å². The van der Waals surface area contributed by atoms with E-state index in [2.05, 4.69) is 58.6 Å². The average Bonchev–Trinajstić information content (AvgIpc) is 3.30. The van der Waals surface area contributed by atoms with E-state index in [4.69, 9.17) is 9.73 Å². The largest absolute Gasteiger partial charge is 0.497 e. The third-order valence-corrected chi connectivity index (χ3v) is 5.65. The van der Waals surface area contributed by atoms with E-state index in [0.29, 0.717) is 0 Å². The van der Waals surface area contributed by atoms with Crippen molar-refractivity contribution in [3.63, 3.8) is 0 Å². The highest BCUT2D eigenvalue weighted by Gasteiger charge is 2.23. The van der Waals surface area contributed by atoms with Gasteiger partial charge in [-0.1, -0.05) is 12.1 Å². The standard InChI is InChI=1S/C24H35N5O.HI/c1-4-26-24(27-13-11-20-10-12-25-17-19(20)2)28-18-23(29-14-5-6-15-29)21-8-7-9-22(16-21)30-3;/h7-10,12,16-17,23H,4-6,11,13-15,18H2,1-3H3,(H2,26,27,28);1H. The monoisotopic (exact) mass is 537 g/mol. The van der Waals surface area contributed by atoms with Crippen molar-refractivity contribution in [2.24, 2.45) is 4.99 Å². The van der Waals surface area contributed by atoms with Crippen LogP contribution < -0.4 is 15.4 Å². The molecule has 7 heteroatoms. The Hall–Kier alpha value is -1.87. The van der Waals surface area contributed by atoms with Crippen molar-refractivity contribution >= 4 is 29.9 Å². The summed E-state index contributed by atoms with van der Waals surface area (Å²) in [4.78, 5) is 11.7. The molecule has 0 radical (unpaired) electrons. The molecule has 1 aromatic carbocycles. The zero-order valence-corrected chi connectivity index (χ0v) is 21.3. The summed E-state index contributed by atoms with van der Waals surface area (Å²) < 4.78 is 5.45. The van der Waals surface area contributed by atoms with E-state index in [-0.39, 0.29) is 30.0 Å². The Kier molecular flexibility index (Phi) is 11.1. The molecule has 0 amide bonds. The van der Waals surface area contributed by atoms with Crippen molar-refractivity contribution in [1.29, 1.82) is 0 Å². The third-order valence-electron chi connectivity index (χ3n) is 5.65. The second kappa shape index (κ2) is 13.5. The molecule has 1 unspecified atom stereocenters. The Morgan fingerprint density at radius 1 is 1.23 bits per heavy atom. The Bertz CT molecular complexity index is 823. The molecule has 1 aliphatic rings. The number of pyridine rings is 1. The molecular weight excluding hydrogens is 501 g/mol. The van der Waals surface area contributed by atoms with Crippen LogP contribution in [0.15, 0.2) is 47.7 Å². The van der Waals surface area contributed by atoms with Gasteiger partial charge in [0, 0.05) is 25.5 Å². The van der Waals surface area contributed by atoms with E-state index in [1.807, 2.05) is 18.5 Å². The number of aromatic nitrogens is 1. The van der Waals surface area contributed by atoms with Gasteiger partial charge in [-0.05, 0) is 81.1 Å². The molecule has 31 heavy (non-hydrogen) atoms. The zero-order chi connectivity index (χ0) is 21.2. The fraction of sp³-hybridized carbons (Fsp3) is 0.500. The first-order valence-electron chi connectivity index (χ1n) is 11.0. The second-order valence-electron chi connectivity index (χ2n) is 7.73. The summed E-state index contributed by atoms with van der Waals surface area (Å²) in [5.41, 5.74) is 3.82. The van der Waals surface area contributed by atoms with Crippen LogP contribution in [0.3, 0.4) is 0 Å². The molecular formula is C24H36IN5O. The Balaban J connectivity index is 0.00000341. The highest BCUT2D eigenvalue weighted by Crippen LogP contribution is 2.27. The first-order valence-corrected chi connectivity index (χ1v) is 11.0. The van der Waals surface area contributed by atoms with Crippen LogP contribution in [0.5, 0.6) is 5.75 Å². The number of halogens is 1. The van der Waals surface area contributed by atoms with E-state index in [9.17, 15) is 0 Å². The molecule has 0 aliphatic carbocycles. The lowest BCUT2D eigenvalue weighted by atomic mass is 10.1. The third kappa shape index (κ3) is 7.64. The van der Waals surface area contributed by atoms with Crippen molar-refractivity contribution < 1.29 is 4.74 Å². The van der Waals surface area contributed by atoms with Crippen molar-refractivity contribution in [2.45, 2.75) is 39.2 Å². The second-order valence-corrected chi connectivity index (χ2v) is 7.73. The lowest BCUT2D eigenvalue weighted by Crippen LogP contribution is -2.39. The summed E-state index contributed by atoms with van der Waals surface area (Å²) in [6.45, 7) is 8.86. The summed E-state index contributed by atoms with van der Waals surface area (Å²) >= 11 is 0. The molecule has 2 N–H and O–H groups in total. The number of ether oxygens (including phenoxy) is 1. The van der Waals surface area contributed by atoms with Crippen LogP contribution in [0.2, 0.25) is 0 Å². The molecule has 0 saturated carbocycles. The van der Waals surface area contributed by atoms with Gasteiger partial charge >= 0.3 is 0 Å². The SMILES string of the molecule is CCNC(=NCC(c1cccc(OC)c1)N1CCCC1)NCCc1ccncc1C.I. The molecule has 1 aromatic heterocycles. The molecule has 2 heterocycles. The Labute approximate surface area is 203 Å². The van der Waals surface area contributed by atoms with Gasteiger partial charge < -0.3 is 15.4 Å². The maximum absolute atomic E-state index is 5.45. The van der Waals surface area contributed by atoms with Crippen LogP contribution >= 0.6 is 24.0 Å². The summed E-state index contributed by atoms with van der Waals surface area (Å²) in [6.07, 6.45) is 7.24. The van der Waals surface area contributed by atoms with Crippen LogP contribution in [0, 0.1) is 6.92 Å². The van der Waals surface area contributed by atoms with Crippen LogP contribution in [0.1, 0.15) is 42.5 Å². The molecule has 0 spiro atoms. The minimum atomic E-state index is 0. The zero-order valence-electron chi connectivity index (χ0n) is 18.9. The van der Waals surface area contributed by atoms with Gasteiger partial charge in [0.05, 0.1) is 19.7 Å². The van der Waals surface area contributed by atoms with Gasteiger partial charge in [0.2, 0.25) is 0 Å². The highest BCUT2D eigenvalue weighted by molar-refractivity contribution is 14.0. The van der Waals surface area contributed by atoms with E-state index < -0.39 is 0 Å². The quantitative estimate of drug-likeness (QED) is 0.288. The fourth-order valence-electron chi connectivity index (χ4n) is 3.95. The van der Waals surface area contributed by atoms with Crippen LogP contribution in [0.4, 0.5) is 0 Å². The van der Waals surface area contributed by atoms with Crippen LogP contribution in [0.25, 0.3) is 0 Å². The predicted molar refractivity (Wildman–Crippen MR) is 139 cm³/mol. The van der Waals surface area contributed by atoms with Gasteiger partial charge in [-0.2, -0.15) is 0 Å². The van der Waals surface area contributed by atoms with Crippen molar-refractivity contribution in [3.05, 3.63) is 59.4 Å². The molecule has 1 fully saturated rings.